The van der Waals surface area contributed by atoms with Gasteiger partial charge in [-0.15, -0.1) is 0 Å². The van der Waals surface area contributed by atoms with Crippen LogP contribution in [0.25, 0.3) is 10.8 Å². The predicted molar refractivity (Wildman–Crippen MR) is 105 cm³/mol. The lowest BCUT2D eigenvalue weighted by Gasteiger charge is -2.34. The SMILES string of the molecule is O=C(CN1CCN(S(=O)(=O)c2cccc3ccccc23)CC1)N1CCCC1. The van der Waals surface area contributed by atoms with Gasteiger partial charge in [0.2, 0.25) is 15.9 Å². The van der Waals surface area contributed by atoms with Gasteiger partial charge in [0.15, 0.2) is 0 Å². The summed E-state index contributed by atoms with van der Waals surface area (Å²) in [5.74, 6) is 0.165. The van der Waals surface area contributed by atoms with Crippen LogP contribution in [0.4, 0.5) is 0 Å². The van der Waals surface area contributed by atoms with Gasteiger partial charge in [-0.3, -0.25) is 9.69 Å². The molecule has 0 aliphatic carbocycles. The van der Waals surface area contributed by atoms with Crippen LogP contribution in [0.1, 0.15) is 12.8 Å². The van der Waals surface area contributed by atoms with Crippen LogP contribution in [0, 0.1) is 0 Å². The van der Waals surface area contributed by atoms with E-state index in [0.29, 0.717) is 37.6 Å². The van der Waals surface area contributed by atoms with Gasteiger partial charge in [-0.1, -0.05) is 36.4 Å². The van der Waals surface area contributed by atoms with Crippen molar-refractivity contribution in [3.05, 3.63) is 42.5 Å². The van der Waals surface area contributed by atoms with Crippen LogP contribution in [0.5, 0.6) is 0 Å². The molecule has 2 aliphatic heterocycles. The average molecular weight is 388 g/mol. The van der Waals surface area contributed by atoms with E-state index in [-0.39, 0.29) is 5.91 Å². The van der Waals surface area contributed by atoms with Gasteiger partial charge in [-0.25, -0.2) is 8.42 Å². The number of rotatable bonds is 4. The summed E-state index contributed by atoms with van der Waals surface area (Å²) in [5, 5.41) is 1.68. The Bertz CT molecular complexity index is 925. The Morgan fingerprint density at radius 3 is 2.26 bits per heavy atom. The smallest absolute Gasteiger partial charge is 0.243 e. The number of sulfonamides is 1. The molecule has 27 heavy (non-hydrogen) atoms. The maximum absolute atomic E-state index is 13.2. The summed E-state index contributed by atoms with van der Waals surface area (Å²) >= 11 is 0. The first-order valence-corrected chi connectivity index (χ1v) is 11.0. The van der Waals surface area contributed by atoms with Crippen LogP contribution in [0.3, 0.4) is 0 Å². The minimum Gasteiger partial charge on any atom is -0.342 e. The van der Waals surface area contributed by atoms with Crippen molar-refractivity contribution in [1.82, 2.24) is 14.1 Å². The fraction of sp³-hybridized carbons (Fsp3) is 0.450. The maximum atomic E-state index is 13.2. The van der Waals surface area contributed by atoms with Crippen LogP contribution < -0.4 is 0 Å². The van der Waals surface area contributed by atoms with Gasteiger partial charge in [-0.05, 0) is 24.3 Å². The summed E-state index contributed by atoms with van der Waals surface area (Å²) < 4.78 is 27.9. The molecule has 144 valence electrons. The van der Waals surface area contributed by atoms with Crippen molar-refractivity contribution in [1.29, 1.82) is 0 Å². The minimum absolute atomic E-state index is 0.165. The van der Waals surface area contributed by atoms with E-state index in [1.54, 1.807) is 16.4 Å². The fourth-order valence-corrected chi connectivity index (χ4v) is 5.58. The van der Waals surface area contributed by atoms with Crippen molar-refractivity contribution in [2.24, 2.45) is 0 Å². The summed E-state index contributed by atoms with van der Waals surface area (Å²) in [6, 6.07) is 13.0. The van der Waals surface area contributed by atoms with Crippen molar-refractivity contribution in [3.63, 3.8) is 0 Å². The molecule has 2 aliphatic rings. The largest absolute Gasteiger partial charge is 0.342 e. The van der Waals surface area contributed by atoms with E-state index in [0.717, 1.165) is 36.7 Å². The molecule has 0 unspecified atom stereocenters. The molecule has 2 fully saturated rings. The Kier molecular flexibility index (Phi) is 5.16. The van der Waals surface area contributed by atoms with Crippen molar-refractivity contribution in [2.75, 3.05) is 45.8 Å². The molecule has 0 radical (unpaired) electrons. The number of fused-ring (bicyclic) bond motifs is 1. The summed E-state index contributed by atoms with van der Waals surface area (Å²) in [6.07, 6.45) is 2.17. The number of carbonyl (C=O) groups excluding carboxylic acids is 1. The molecule has 7 heteroatoms. The van der Waals surface area contributed by atoms with Gasteiger partial charge in [0.25, 0.3) is 0 Å². The number of piperazine rings is 1. The third kappa shape index (κ3) is 3.72. The lowest BCUT2D eigenvalue weighted by molar-refractivity contribution is -0.131. The van der Waals surface area contributed by atoms with Crippen molar-refractivity contribution < 1.29 is 13.2 Å². The van der Waals surface area contributed by atoms with E-state index >= 15 is 0 Å². The van der Waals surface area contributed by atoms with Crippen molar-refractivity contribution >= 4 is 26.7 Å². The summed E-state index contributed by atoms with van der Waals surface area (Å²) in [5.41, 5.74) is 0. The third-order valence-corrected chi connectivity index (χ3v) is 7.47. The van der Waals surface area contributed by atoms with Gasteiger partial charge in [0.05, 0.1) is 11.4 Å². The molecule has 0 atom stereocenters. The first-order chi connectivity index (χ1) is 13.1. The van der Waals surface area contributed by atoms with Gasteiger partial charge < -0.3 is 4.90 Å². The first kappa shape index (κ1) is 18.4. The van der Waals surface area contributed by atoms with Gasteiger partial charge >= 0.3 is 0 Å². The van der Waals surface area contributed by atoms with Crippen molar-refractivity contribution in [3.8, 4) is 0 Å². The van der Waals surface area contributed by atoms with E-state index in [1.807, 2.05) is 35.2 Å². The lowest BCUT2D eigenvalue weighted by atomic mass is 10.1. The zero-order chi connectivity index (χ0) is 18.9. The zero-order valence-corrected chi connectivity index (χ0v) is 16.2. The highest BCUT2D eigenvalue weighted by Crippen LogP contribution is 2.26. The van der Waals surface area contributed by atoms with E-state index in [9.17, 15) is 13.2 Å². The number of amides is 1. The Hall–Kier alpha value is -1.96. The second kappa shape index (κ2) is 7.58. The monoisotopic (exact) mass is 387 g/mol. The molecule has 0 bridgehead atoms. The topological polar surface area (TPSA) is 60.9 Å². The molecule has 0 aromatic heterocycles. The number of carbonyl (C=O) groups is 1. The Balaban J connectivity index is 1.44. The van der Waals surface area contributed by atoms with E-state index < -0.39 is 10.0 Å². The average Bonchev–Trinajstić information content (AvgIpc) is 3.23. The number of benzene rings is 2. The number of hydrogen-bond donors (Lipinski definition) is 0. The standard InChI is InChI=1S/C20H25N3O3S/c24-20(22-10-3-4-11-22)16-21-12-14-23(15-13-21)27(25,26)19-9-5-7-17-6-1-2-8-18(17)19/h1-2,5-9H,3-4,10-16H2. The second-order valence-corrected chi connectivity index (χ2v) is 9.15. The van der Waals surface area contributed by atoms with Crippen LogP contribution in [0.15, 0.2) is 47.4 Å². The molecule has 0 saturated carbocycles. The Labute approximate surface area is 160 Å². The van der Waals surface area contributed by atoms with Crippen molar-refractivity contribution in [2.45, 2.75) is 17.7 Å². The highest BCUT2D eigenvalue weighted by molar-refractivity contribution is 7.89. The van der Waals surface area contributed by atoms with Gasteiger partial charge in [-0.2, -0.15) is 4.31 Å². The Morgan fingerprint density at radius 1 is 0.852 bits per heavy atom. The van der Waals surface area contributed by atoms with E-state index in [1.165, 1.54) is 0 Å². The predicted octanol–water partition coefficient (Wildman–Crippen LogP) is 1.77. The van der Waals surface area contributed by atoms with Crippen LogP contribution in [0.2, 0.25) is 0 Å². The minimum atomic E-state index is -3.54. The molecule has 2 heterocycles. The van der Waals surface area contributed by atoms with E-state index in [4.69, 9.17) is 0 Å². The number of hydrogen-bond acceptors (Lipinski definition) is 4. The fourth-order valence-electron chi connectivity index (χ4n) is 3.95. The lowest BCUT2D eigenvalue weighted by Crippen LogP contribution is -2.51. The molecule has 2 saturated heterocycles. The van der Waals surface area contributed by atoms with Crippen LogP contribution >= 0.6 is 0 Å². The van der Waals surface area contributed by atoms with Crippen LogP contribution in [-0.2, 0) is 14.8 Å². The zero-order valence-electron chi connectivity index (χ0n) is 15.4. The van der Waals surface area contributed by atoms with Crippen LogP contribution in [-0.4, -0.2) is 74.2 Å². The molecule has 6 nitrogen and oxygen atoms in total. The first-order valence-electron chi connectivity index (χ1n) is 9.54. The summed E-state index contributed by atoms with van der Waals surface area (Å²) in [7, 11) is -3.54. The number of likely N-dealkylation sites (tertiary alicyclic amines) is 1. The highest BCUT2D eigenvalue weighted by Gasteiger charge is 2.31. The summed E-state index contributed by atoms with van der Waals surface area (Å²) in [6.45, 7) is 4.11. The van der Waals surface area contributed by atoms with Gasteiger partial charge in [0.1, 0.15) is 0 Å². The normalized spacial score (nSPS) is 19.6. The van der Waals surface area contributed by atoms with E-state index in [2.05, 4.69) is 4.90 Å². The maximum Gasteiger partial charge on any atom is 0.243 e. The molecular weight excluding hydrogens is 362 g/mol. The molecule has 2 aromatic carbocycles. The molecule has 2 aromatic rings. The molecule has 4 rings (SSSR count). The Morgan fingerprint density at radius 2 is 1.52 bits per heavy atom. The number of nitrogens with zero attached hydrogens (tertiary/aromatic N) is 3. The second-order valence-electron chi connectivity index (χ2n) is 7.25. The quantitative estimate of drug-likeness (QED) is 0.802. The molecule has 0 N–H and O–H groups in total. The highest BCUT2D eigenvalue weighted by atomic mass is 32.2. The molecular formula is C20H25N3O3S. The van der Waals surface area contributed by atoms with Gasteiger partial charge in [0, 0.05) is 44.7 Å². The molecule has 1 amide bonds. The summed E-state index contributed by atoms with van der Waals surface area (Å²) in [4.78, 5) is 16.7. The molecule has 0 spiro atoms. The third-order valence-electron chi connectivity index (χ3n) is 5.52.